The van der Waals surface area contributed by atoms with Crippen molar-refractivity contribution in [2.24, 2.45) is 0 Å². The molecule has 1 aromatic heterocycles. The highest BCUT2D eigenvalue weighted by Crippen LogP contribution is 2.33. The molecule has 1 amide bonds. The third-order valence-corrected chi connectivity index (χ3v) is 3.30. The fourth-order valence-corrected chi connectivity index (χ4v) is 2.51. The van der Waals surface area contributed by atoms with Gasteiger partial charge >= 0.3 is 0 Å². The second kappa shape index (κ2) is 3.59. The molecule has 0 saturated carbocycles. The summed E-state index contributed by atoms with van der Waals surface area (Å²) in [7, 11) is 3.44. The van der Waals surface area contributed by atoms with Crippen molar-refractivity contribution in [1.82, 2.24) is 10.2 Å². The Balaban J connectivity index is 2.27. The number of thiophene rings is 1. The fourth-order valence-electron chi connectivity index (χ4n) is 1.54. The van der Waals surface area contributed by atoms with E-state index in [2.05, 4.69) is 5.32 Å². The molecule has 1 saturated heterocycles. The van der Waals surface area contributed by atoms with Crippen molar-refractivity contribution in [1.29, 1.82) is 0 Å². The topological polar surface area (TPSA) is 41.6 Å². The Bertz CT molecular complexity index is 350. The van der Waals surface area contributed by atoms with Crippen LogP contribution in [0.3, 0.4) is 0 Å². The quantitative estimate of drug-likeness (QED) is 0.789. The van der Waals surface area contributed by atoms with Crippen molar-refractivity contribution in [2.45, 2.75) is 6.17 Å². The van der Waals surface area contributed by atoms with E-state index in [0.29, 0.717) is 6.54 Å². The number of likely N-dealkylation sites (N-methyl/N-ethyl adjacent to an activating group) is 1. The summed E-state index contributed by atoms with van der Waals surface area (Å²) in [6.45, 7) is 0.405. The molecular weight excluding hydrogens is 200 g/mol. The second-order valence-corrected chi connectivity index (χ2v) is 4.09. The van der Waals surface area contributed by atoms with Crippen molar-refractivity contribution in [3.63, 3.8) is 0 Å². The molecule has 0 spiro atoms. The molecule has 1 fully saturated rings. The Morgan fingerprint density at radius 1 is 1.71 bits per heavy atom. The average Bonchev–Trinajstić information content (AvgIpc) is 2.75. The van der Waals surface area contributed by atoms with Gasteiger partial charge in [-0.05, 0) is 11.4 Å². The molecule has 1 aliphatic heterocycles. The molecule has 0 aromatic carbocycles. The smallest absolute Gasteiger partial charge is 0.237 e. The lowest BCUT2D eigenvalue weighted by Gasteiger charge is -2.18. The summed E-state index contributed by atoms with van der Waals surface area (Å²) in [5.41, 5.74) is 0. The first-order valence-corrected chi connectivity index (χ1v) is 5.22. The minimum absolute atomic E-state index is 0.0301. The number of ether oxygens (including phenoxy) is 1. The normalized spacial score (nSPS) is 21.7. The maximum absolute atomic E-state index is 11.3. The molecule has 76 valence electrons. The number of hydrogen-bond donors (Lipinski definition) is 1. The van der Waals surface area contributed by atoms with Crippen molar-refractivity contribution in [2.75, 3.05) is 20.7 Å². The Morgan fingerprint density at radius 2 is 2.50 bits per heavy atom. The molecule has 0 bridgehead atoms. The van der Waals surface area contributed by atoms with Gasteiger partial charge in [0.05, 0.1) is 18.5 Å². The molecule has 14 heavy (non-hydrogen) atoms. The van der Waals surface area contributed by atoms with Gasteiger partial charge in [-0.15, -0.1) is 11.3 Å². The van der Waals surface area contributed by atoms with Gasteiger partial charge < -0.3 is 9.64 Å². The summed E-state index contributed by atoms with van der Waals surface area (Å²) in [4.78, 5) is 14.1. The van der Waals surface area contributed by atoms with Crippen molar-refractivity contribution in [3.8, 4) is 5.75 Å². The van der Waals surface area contributed by atoms with Gasteiger partial charge in [0, 0.05) is 7.05 Å². The number of nitrogens with one attached hydrogen (secondary N) is 1. The zero-order valence-corrected chi connectivity index (χ0v) is 8.93. The highest BCUT2D eigenvalue weighted by molar-refractivity contribution is 7.10. The Hall–Kier alpha value is -1.07. The van der Waals surface area contributed by atoms with Crippen LogP contribution in [0, 0.1) is 0 Å². The van der Waals surface area contributed by atoms with Gasteiger partial charge in [-0.3, -0.25) is 10.1 Å². The lowest BCUT2D eigenvalue weighted by atomic mass is 10.3. The highest BCUT2D eigenvalue weighted by atomic mass is 32.1. The minimum Gasteiger partial charge on any atom is -0.495 e. The predicted octanol–water partition coefficient (Wildman–Crippen LogP) is 0.817. The predicted molar refractivity (Wildman–Crippen MR) is 54.4 cm³/mol. The van der Waals surface area contributed by atoms with E-state index < -0.39 is 0 Å². The summed E-state index contributed by atoms with van der Waals surface area (Å²) in [6, 6.07) is 1.91. The summed E-state index contributed by atoms with van der Waals surface area (Å²) >= 11 is 1.60. The minimum atomic E-state index is -0.0301. The molecule has 0 aliphatic carbocycles. The summed E-state index contributed by atoms with van der Waals surface area (Å²) in [5, 5.41) is 5.10. The monoisotopic (exact) mass is 212 g/mol. The molecule has 4 nitrogen and oxygen atoms in total. The molecule has 1 aromatic rings. The van der Waals surface area contributed by atoms with Crippen LogP contribution in [0.5, 0.6) is 5.75 Å². The molecule has 2 rings (SSSR count). The van der Waals surface area contributed by atoms with E-state index in [4.69, 9.17) is 4.74 Å². The van der Waals surface area contributed by atoms with Crippen molar-refractivity contribution < 1.29 is 9.53 Å². The fraction of sp³-hybridized carbons (Fsp3) is 0.444. The maximum Gasteiger partial charge on any atom is 0.237 e. The Morgan fingerprint density at radius 3 is 3.07 bits per heavy atom. The third-order valence-electron chi connectivity index (χ3n) is 2.35. The highest BCUT2D eigenvalue weighted by Gasteiger charge is 2.31. The third kappa shape index (κ3) is 1.38. The van der Waals surface area contributed by atoms with E-state index in [0.717, 1.165) is 10.6 Å². The summed E-state index contributed by atoms with van der Waals surface area (Å²) < 4.78 is 5.21. The van der Waals surface area contributed by atoms with E-state index in [1.54, 1.807) is 30.4 Å². The zero-order valence-electron chi connectivity index (χ0n) is 8.11. The second-order valence-electron chi connectivity index (χ2n) is 3.14. The molecule has 1 atom stereocenters. The lowest BCUT2D eigenvalue weighted by molar-refractivity contribution is -0.126. The van der Waals surface area contributed by atoms with Crippen LogP contribution in [0.25, 0.3) is 0 Å². The molecular formula is C9H12N2O2S. The van der Waals surface area contributed by atoms with Crippen LogP contribution in [0.2, 0.25) is 0 Å². The largest absolute Gasteiger partial charge is 0.495 e. The van der Waals surface area contributed by atoms with Gasteiger partial charge in [0.15, 0.2) is 0 Å². The summed E-state index contributed by atoms with van der Waals surface area (Å²) in [6.07, 6.45) is -0.0301. The number of amides is 1. The first-order valence-electron chi connectivity index (χ1n) is 4.34. The Labute approximate surface area is 86.5 Å². The zero-order chi connectivity index (χ0) is 10.1. The molecule has 2 heterocycles. The van der Waals surface area contributed by atoms with E-state index >= 15 is 0 Å². The SMILES string of the molecule is COc1ccsc1C1NCC(=O)N1C. The summed E-state index contributed by atoms with van der Waals surface area (Å²) in [5.74, 6) is 0.958. The van der Waals surface area contributed by atoms with Crippen LogP contribution in [0.1, 0.15) is 11.0 Å². The van der Waals surface area contributed by atoms with Gasteiger partial charge in [-0.2, -0.15) is 0 Å². The van der Waals surface area contributed by atoms with E-state index in [1.807, 2.05) is 11.4 Å². The number of carbonyl (C=O) groups is 1. The average molecular weight is 212 g/mol. The number of methoxy groups -OCH3 is 1. The van der Waals surface area contributed by atoms with Gasteiger partial charge in [0.2, 0.25) is 5.91 Å². The maximum atomic E-state index is 11.3. The molecule has 5 heteroatoms. The number of carbonyl (C=O) groups excluding carboxylic acids is 1. The van der Waals surface area contributed by atoms with Crippen LogP contribution >= 0.6 is 11.3 Å². The van der Waals surface area contributed by atoms with E-state index in [9.17, 15) is 4.79 Å². The van der Waals surface area contributed by atoms with Crippen LogP contribution in [-0.4, -0.2) is 31.5 Å². The van der Waals surface area contributed by atoms with Gasteiger partial charge in [0.25, 0.3) is 0 Å². The van der Waals surface area contributed by atoms with Crippen LogP contribution < -0.4 is 10.1 Å². The van der Waals surface area contributed by atoms with Gasteiger partial charge in [0.1, 0.15) is 11.9 Å². The number of nitrogens with zero attached hydrogens (tertiary/aromatic N) is 1. The lowest BCUT2D eigenvalue weighted by Crippen LogP contribution is -2.25. The van der Waals surface area contributed by atoms with Gasteiger partial charge in [-0.25, -0.2) is 0 Å². The Kier molecular flexibility index (Phi) is 2.43. The van der Waals surface area contributed by atoms with Crippen LogP contribution in [0.4, 0.5) is 0 Å². The van der Waals surface area contributed by atoms with E-state index in [-0.39, 0.29) is 12.1 Å². The van der Waals surface area contributed by atoms with Crippen LogP contribution in [-0.2, 0) is 4.79 Å². The standard InChI is InChI=1S/C9H12N2O2S/c1-11-7(12)5-10-9(11)8-6(13-2)3-4-14-8/h3-4,9-10H,5H2,1-2H3. The molecule has 1 aliphatic rings. The molecule has 1 N–H and O–H groups in total. The number of rotatable bonds is 2. The van der Waals surface area contributed by atoms with Gasteiger partial charge in [-0.1, -0.05) is 0 Å². The molecule has 1 unspecified atom stereocenters. The van der Waals surface area contributed by atoms with Crippen molar-refractivity contribution in [3.05, 3.63) is 16.3 Å². The van der Waals surface area contributed by atoms with Crippen molar-refractivity contribution >= 4 is 17.2 Å². The van der Waals surface area contributed by atoms with E-state index in [1.165, 1.54) is 0 Å². The van der Waals surface area contributed by atoms with Crippen LogP contribution in [0.15, 0.2) is 11.4 Å². The first kappa shape index (κ1) is 9.48. The number of hydrogen-bond acceptors (Lipinski definition) is 4. The first-order chi connectivity index (χ1) is 6.74. The molecule has 0 radical (unpaired) electrons.